The van der Waals surface area contributed by atoms with E-state index in [0.717, 1.165) is 32.7 Å². The molecule has 0 aromatic rings. The van der Waals surface area contributed by atoms with Crippen molar-refractivity contribution in [2.45, 2.75) is 27.7 Å². The fraction of sp³-hybridized carbons (Fsp3) is 0.929. The Balaban J connectivity index is 2.44. The maximum Gasteiger partial charge on any atom is 0.227 e. The third kappa shape index (κ3) is 4.25. The molecule has 1 atom stereocenters. The maximum atomic E-state index is 12.3. The third-order valence-corrected chi connectivity index (χ3v) is 3.68. The first-order valence-corrected chi connectivity index (χ1v) is 7.17. The zero-order valence-electron chi connectivity index (χ0n) is 12.4. The second kappa shape index (κ2) is 7.10. The molecule has 1 amide bonds. The molecule has 0 aromatic carbocycles. The van der Waals surface area contributed by atoms with Gasteiger partial charge in [0, 0.05) is 39.3 Å². The number of amides is 1. The van der Waals surface area contributed by atoms with Crippen LogP contribution in [0.25, 0.3) is 0 Å². The fourth-order valence-corrected chi connectivity index (χ4v) is 2.56. The summed E-state index contributed by atoms with van der Waals surface area (Å²) in [6.07, 6.45) is 0. The van der Waals surface area contributed by atoms with E-state index in [4.69, 9.17) is 5.73 Å². The summed E-state index contributed by atoms with van der Waals surface area (Å²) < 4.78 is 0. The average Bonchev–Trinajstić information content (AvgIpc) is 2.29. The van der Waals surface area contributed by atoms with Crippen LogP contribution >= 0.6 is 0 Å². The van der Waals surface area contributed by atoms with E-state index < -0.39 is 0 Å². The molecule has 1 aliphatic heterocycles. The molecule has 4 nitrogen and oxygen atoms in total. The van der Waals surface area contributed by atoms with Crippen molar-refractivity contribution in [3.63, 3.8) is 0 Å². The largest absolute Gasteiger partial charge is 0.340 e. The number of rotatable bonds is 5. The van der Waals surface area contributed by atoms with Crippen LogP contribution in [-0.2, 0) is 4.79 Å². The minimum Gasteiger partial charge on any atom is -0.340 e. The summed E-state index contributed by atoms with van der Waals surface area (Å²) in [6.45, 7) is 13.9. The molecule has 0 radical (unpaired) electrons. The van der Waals surface area contributed by atoms with Gasteiger partial charge in [0.25, 0.3) is 0 Å². The summed E-state index contributed by atoms with van der Waals surface area (Å²) in [6, 6.07) is 0. The van der Waals surface area contributed by atoms with Gasteiger partial charge in [0.1, 0.15) is 0 Å². The summed E-state index contributed by atoms with van der Waals surface area (Å²) >= 11 is 0. The number of hydrogen-bond donors (Lipinski definition) is 1. The number of carbonyl (C=O) groups is 1. The highest BCUT2D eigenvalue weighted by molar-refractivity contribution is 5.79. The van der Waals surface area contributed by atoms with Crippen LogP contribution in [0, 0.1) is 17.8 Å². The van der Waals surface area contributed by atoms with Crippen molar-refractivity contribution in [1.29, 1.82) is 0 Å². The molecule has 2 N–H and O–H groups in total. The number of carbonyl (C=O) groups excluding carboxylic acids is 1. The van der Waals surface area contributed by atoms with Crippen molar-refractivity contribution in [3.05, 3.63) is 0 Å². The van der Waals surface area contributed by atoms with Crippen LogP contribution in [0.3, 0.4) is 0 Å². The highest BCUT2D eigenvalue weighted by atomic mass is 16.2. The van der Waals surface area contributed by atoms with E-state index in [2.05, 4.69) is 32.6 Å². The zero-order chi connectivity index (χ0) is 13.7. The van der Waals surface area contributed by atoms with E-state index in [1.54, 1.807) is 0 Å². The molecule has 1 saturated heterocycles. The fourth-order valence-electron chi connectivity index (χ4n) is 2.56. The Labute approximate surface area is 111 Å². The molecule has 18 heavy (non-hydrogen) atoms. The van der Waals surface area contributed by atoms with Crippen molar-refractivity contribution in [1.82, 2.24) is 9.80 Å². The highest BCUT2D eigenvalue weighted by Crippen LogP contribution is 2.15. The average molecular weight is 255 g/mol. The predicted octanol–water partition coefficient (Wildman–Crippen LogP) is 1.02. The summed E-state index contributed by atoms with van der Waals surface area (Å²) in [5.74, 6) is 1.26. The quantitative estimate of drug-likeness (QED) is 0.798. The lowest BCUT2D eigenvalue weighted by atomic mass is 9.94. The number of piperazine rings is 1. The summed E-state index contributed by atoms with van der Waals surface area (Å²) in [5.41, 5.74) is 5.72. The van der Waals surface area contributed by atoms with Gasteiger partial charge in [-0.1, -0.05) is 27.7 Å². The monoisotopic (exact) mass is 255 g/mol. The van der Waals surface area contributed by atoms with Gasteiger partial charge in [0.05, 0.1) is 5.92 Å². The number of nitrogens with two attached hydrogens (primary N) is 1. The highest BCUT2D eigenvalue weighted by Gasteiger charge is 2.28. The molecule has 1 rings (SSSR count). The molecule has 0 aliphatic carbocycles. The predicted molar refractivity (Wildman–Crippen MR) is 75.2 cm³/mol. The Morgan fingerprint density at radius 2 is 1.67 bits per heavy atom. The van der Waals surface area contributed by atoms with E-state index in [9.17, 15) is 4.79 Å². The molecular weight excluding hydrogens is 226 g/mol. The minimum absolute atomic E-state index is 0.0124. The van der Waals surface area contributed by atoms with Crippen molar-refractivity contribution < 1.29 is 4.79 Å². The van der Waals surface area contributed by atoms with E-state index in [1.165, 1.54) is 0 Å². The molecule has 106 valence electrons. The van der Waals surface area contributed by atoms with Crippen LogP contribution in [0.1, 0.15) is 27.7 Å². The second-order valence-electron chi connectivity index (χ2n) is 6.11. The lowest BCUT2D eigenvalue weighted by Gasteiger charge is -2.37. The van der Waals surface area contributed by atoms with Crippen molar-refractivity contribution >= 4 is 5.91 Å². The molecule has 4 heteroatoms. The molecule has 1 fully saturated rings. The van der Waals surface area contributed by atoms with Crippen molar-refractivity contribution in [2.24, 2.45) is 23.5 Å². The lowest BCUT2D eigenvalue weighted by Crippen LogP contribution is -2.52. The Bertz CT molecular complexity index is 258. The minimum atomic E-state index is -0.0124. The van der Waals surface area contributed by atoms with Gasteiger partial charge in [-0.25, -0.2) is 0 Å². The van der Waals surface area contributed by atoms with E-state index in [-0.39, 0.29) is 11.8 Å². The Hall–Kier alpha value is -0.610. The van der Waals surface area contributed by atoms with Gasteiger partial charge in [-0.05, 0) is 11.8 Å². The Morgan fingerprint density at radius 3 is 2.06 bits per heavy atom. The molecular formula is C14H29N3O. The standard InChI is InChI=1S/C14H29N3O/c1-11(2)10-16-5-7-17(8-6-16)14(18)13(9-15)12(3)4/h11-13H,5-10,15H2,1-4H3. The van der Waals surface area contributed by atoms with E-state index >= 15 is 0 Å². The molecule has 1 aliphatic rings. The maximum absolute atomic E-state index is 12.3. The normalized spacial score (nSPS) is 19.6. The van der Waals surface area contributed by atoms with Crippen LogP contribution in [0.5, 0.6) is 0 Å². The van der Waals surface area contributed by atoms with Gasteiger partial charge >= 0.3 is 0 Å². The SMILES string of the molecule is CC(C)CN1CCN(C(=O)C(CN)C(C)C)CC1. The lowest BCUT2D eigenvalue weighted by molar-refractivity contribution is -0.138. The molecule has 0 aromatic heterocycles. The molecule has 1 heterocycles. The van der Waals surface area contributed by atoms with Gasteiger partial charge < -0.3 is 10.6 Å². The topological polar surface area (TPSA) is 49.6 Å². The van der Waals surface area contributed by atoms with E-state index in [1.807, 2.05) is 4.90 Å². The van der Waals surface area contributed by atoms with Crippen LogP contribution in [0.15, 0.2) is 0 Å². The molecule has 0 bridgehead atoms. The molecule has 0 spiro atoms. The van der Waals surface area contributed by atoms with Crippen LogP contribution in [-0.4, -0.2) is 55.0 Å². The Morgan fingerprint density at radius 1 is 1.11 bits per heavy atom. The van der Waals surface area contributed by atoms with Gasteiger partial charge in [-0.3, -0.25) is 9.69 Å². The first kappa shape index (κ1) is 15.4. The molecule has 1 unspecified atom stereocenters. The summed E-state index contributed by atoms with van der Waals surface area (Å²) in [7, 11) is 0. The van der Waals surface area contributed by atoms with Crippen molar-refractivity contribution in [3.8, 4) is 0 Å². The molecule has 0 saturated carbocycles. The summed E-state index contributed by atoms with van der Waals surface area (Å²) in [4.78, 5) is 16.8. The first-order valence-electron chi connectivity index (χ1n) is 7.17. The van der Waals surface area contributed by atoms with Crippen molar-refractivity contribution in [2.75, 3.05) is 39.3 Å². The summed E-state index contributed by atoms with van der Waals surface area (Å²) in [5, 5.41) is 0. The van der Waals surface area contributed by atoms with E-state index in [0.29, 0.717) is 18.4 Å². The smallest absolute Gasteiger partial charge is 0.227 e. The number of nitrogens with zero attached hydrogens (tertiary/aromatic N) is 2. The Kier molecular flexibility index (Phi) is 6.09. The van der Waals surface area contributed by atoms with Gasteiger partial charge in [-0.2, -0.15) is 0 Å². The first-order chi connectivity index (χ1) is 8.45. The second-order valence-corrected chi connectivity index (χ2v) is 6.11. The van der Waals surface area contributed by atoms with Gasteiger partial charge in [0.15, 0.2) is 0 Å². The number of hydrogen-bond acceptors (Lipinski definition) is 3. The van der Waals surface area contributed by atoms with Gasteiger partial charge in [-0.15, -0.1) is 0 Å². The van der Waals surface area contributed by atoms with Gasteiger partial charge in [0.2, 0.25) is 5.91 Å². The zero-order valence-corrected chi connectivity index (χ0v) is 12.4. The van der Waals surface area contributed by atoms with Crippen LogP contribution in [0.2, 0.25) is 0 Å². The van der Waals surface area contributed by atoms with Crippen LogP contribution < -0.4 is 5.73 Å². The third-order valence-electron chi connectivity index (χ3n) is 3.68. The van der Waals surface area contributed by atoms with Crippen LogP contribution in [0.4, 0.5) is 0 Å².